The molecule has 0 saturated carbocycles. The van der Waals surface area contributed by atoms with Crippen molar-refractivity contribution in [3.8, 4) is 0 Å². The minimum atomic E-state index is -2.86. The van der Waals surface area contributed by atoms with Gasteiger partial charge in [-0.05, 0) is 18.1 Å². The molecule has 1 fully saturated rings. The van der Waals surface area contributed by atoms with Gasteiger partial charge in [0.2, 0.25) is 0 Å². The van der Waals surface area contributed by atoms with E-state index in [-0.39, 0.29) is 17.5 Å². The molecule has 6 heteroatoms. The quantitative estimate of drug-likeness (QED) is 0.833. The lowest BCUT2D eigenvalue weighted by Crippen LogP contribution is -2.33. The Hall–Kier alpha value is -1.14. The van der Waals surface area contributed by atoms with Crippen LogP contribution in [-0.4, -0.2) is 38.0 Å². The van der Waals surface area contributed by atoms with Crippen LogP contribution < -0.4 is 10.6 Å². The van der Waals surface area contributed by atoms with E-state index >= 15 is 0 Å². The predicted octanol–water partition coefficient (Wildman–Crippen LogP) is 0.164. The van der Waals surface area contributed by atoms with Crippen molar-refractivity contribution in [3.05, 3.63) is 24.0 Å². The third-order valence-corrected chi connectivity index (χ3v) is 4.99. The number of pyridine rings is 1. The van der Waals surface area contributed by atoms with Gasteiger partial charge in [0.05, 0.1) is 23.4 Å². The number of nitrogens with zero attached hydrogens (tertiary/aromatic N) is 2. The van der Waals surface area contributed by atoms with Crippen LogP contribution >= 0.6 is 0 Å². The van der Waals surface area contributed by atoms with Crippen LogP contribution in [0.5, 0.6) is 0 Å². The van der Waals surface area contributed by atoms with E-state index in [1.165, 1.54) is 0 Å². The topological polar surface area (TPSA) is 76.3 Å². The summed E-state index contributed by atoms with van der Waals surface area (Å²) in [6.45, 7) is 0.432. The number of hydrogen-bond donors (Lipinski definition) is 1. The standard InChI is InChI=1S/C11H17N3O2S/c1-14(10-3-5-17(15,16)8-10)11-7-13-4-2-9(11)6-12/h2,4,7,10H,3,5-6,8,12H2,1H3. The Balaban J connectivity index is 2.23. The van der Waals surface area contributed by atoms with Crippen molar-refractivity contribution in [2.75, 3.05) is 23.5 Å². The molecule has 0 aromatic carbocycles. The van der Waals surface area contributed by atoms with Crippen LogP contribution in [0.25, 0.3) is 0 Å². The molecule has 2 N–H and O–H groups in total. The predicted molar refractivity (Wildman–Crippen MR) is 67.6 cm³/mol. The molecular formula is C11H17N3O2S. The second-order valence-corrected chi connectivity index (χ2v) is 6.60. The molecule has 17 heavy (non-hydrogen) atoms. The van der Waals surface area contributed by atoms with E-state index in [2.05, 4.69) is 4.98 Å². The third-order valence-electron chi connectivity index (χ3n) is 3.24. The zero-order chi connectivity index (χ0) is 12.5. The summed E-state index contributed by atoms with van der Waals surface area (Å²) in [5.74, 6) is 0.503. The van der Waals surface area contributed by atoms with E-state index in [9.17, 15) is 8.42 Å². The lowest BCUT2D eigenvalue weighted by atomic mass is 10.1. The average Bonchev–Trinajstić information content (AvgIpc) is 2.68. The molecule has 1 unspecified atom stereocenters. The van der Waals surface area contributed by atoms with E-state index in [0.29, 0.717) is 13.0 Å². The zero-order valence-electron chi connectivity index (χ0n) is 9.83. The van der Waals surface area contributed by atoms with Gasteiger partial charge >= 0.3 is 0 Å². The van der Waals surface area contributed by atoms with Crippen LogP contribution in [-0.2, 0) is 16.4 Å². The van der Waals surface area contributed by atoms with Gasteiger partial charge < -0.3 is 10.6 Å². The van der Waals surface area contributed by atoms with Gasteiger partial charge in [0.1, 0.15) is 0 Å². The van der Waals surface area contributed by atoms with Gasteiger partial charge in [0.25, 0.3) is 0 Å². The minimum absolute atomic E-state index is 0.0366. The Morgan fingerprint density at radius 3 is 2.94 bits per heavy atom. The fourth-order valence-electron chi connectivity index (χ4n) is 2.18. The summed E-state index contributed by atoms with van der Waals surface area (Å²) in [6.07, 6.45) is 4.12. The van der Waals surface area contributed by atoms with Crippen LogP contribution in [0.3, 0.4) is 0 Å². The molecular weight excluding hydrogens is 238 g/mol. The van der Waals surface area contributed by atoms with E-state index < -0.39 is 9.84 Å². The molecule has 0 radical (unpaired) electrons. The maximum atomic E-state index is 11.5. The third kappa shape index (κ3) is 2.58. The minimum Gasteiger partial charge on any atom is -0.369 e. The fraction of sp³-hybridized carbons (Fsp3) is 0.545. The second-order valence-electron chi connectivity index (χ2n) is 4.38. The first kappa shape index (κ1) is 12.3. The van der Waals surface area contributed by atoms with E-state index in [0.717, 1.165) is 11.3 Å². The largest absolute Gasteiger partial charge is 0.369 e. The number of anilines is 1. The van der Waals surface area contributed by atoms with Gasteiger partial charge in [-0.1, -0.05) is 0 Å². The van der Waals surface area contributed by atoms with Crippen LogP contribution in [0.15, 0.2) is 18.5 Å². The monoisotopic (exact) mass is 255 g/mol. The molecule has 5 nitrogen and oxygen atoms in total. The molecule has 2 rings (SSSR count). The molecule has 1 atom stereocenters. The summed E-state index contributed by atoms with van der Waals surface area (Å²) in [7, 11) is -0.957. The maximum absolute atomic E-state index is 11.5. The van der Waals surface area contributed by atoms with Gasteiger partial charge in [0, 0.05) is 25.8 Å². The summed E-state index contributed by atoms with van der Waals surface area (Å²) < 4.78 is 22.9. The highest BCUT2D eigenvalue weighted by atomic mass is 32.2. The second kappa shape index (κ2) is 4.62. The molecule has 1 aliphatic heterocycles. The molecule has 1 aliphatic rings. The highest BCUT2D eigenvalue weighted by molar-refractivity contribution is 7.91. The number of sulfone groups is 1. The van der Waals surface area contributed by atoms with Crippen LogP contribution in [0, 0.1) is 0 Å². The van der Waals surface area contributed by atoms with Gasteiger partial charge in [-0.25, -0.2) is 8.42 Å². The highest BCUT2D eigenvalue weighted by Crippen LogP contribution is 2.24. The molecule has 0 bridgehead atoms. The van der Waals surface area contributed by atoms with E-state index in [4.69, 9.17) is 5.73 Å². The first-order valence-corrected chi connectivity index (χ1v) is 7.42. The van der Waals surface area contributed by atoms with Crippen LogP contribution in [0.1, 0.15) is 12.0 Å². The normalized spacial score (nSPS) is 22.6. The number of aromatic nitrogens is 1. The zero-order valence-corrected chi connectivity index (χ0v) is 10.7. The number of nitrogens with two attached hydrogens (primary N) is 1. The number of rotatable bonds is 3. The Labute approximate surface area is 102 Å². The van der Waals surface area contributed by atoms with Crippen molar-refractivity contribution in [2.45, 2.75) is 19.0 Å². The Bertz CT molecular complexity index is 501. The van der Waals surface area contributed by atoms with Gasteiger partial charge in [-0.3, -0.25) is 4.98 Å². The average molecular weight is 255 g/mol. The van der Waals surface area contributed by atoms with Crippen molar-refractivity contribution in [1.29, 1.82) is 0 Å². The van der Waals surface area contributed by atoms with E-state index in [1.54, 1.807) is 12.4 Å². The summed E-state index contributed by atoms with van der Waals surface area (Å²) >= 11 is 0. The molecule has 0 amide bonds. The Morgan fingerprint density at radius 2 is 2.35 bits per heavy atom. The molecule has 1 saturated heterocycles. The van der Waals surface area contributed by atoms with Gasteiger partial charge in [0.15, 0.2) is 9.84 Å². The van der Waals surface area contributed by atoms with Crippen molar-refractivity contribution < 1.29 is 8.42 Å². The van der Waals surface area contributed by atoms with E-state index in [1.807, 2.05) is 18.0 Å². The van der Waals surface area contributed by atoms with Crippen molar-refractivity contribution in [3.63, 3.8) is 0 Å². The smallest absolute Gasteiger partial charge is 0.152 e. The lowest BCUT2D eigenvalue weighted by molar-refractivity contribution is 0.600. The lowest BCUT2D eigenvalue weighted by Gasteiger charge is -2.27. The molecule has 0 aliphatic carbocycles. The fourth-order valence-corrected chi connectivity index (χ4v) is 3.96. The summed E-state index contributed by atoms with van der Waals surface area (Å²) in [5, 5.41) is 0. The summed E-state index contributed by atoms with van der Waals surface area (Å²) in [4.78, 5) is 6.06. The van der Waals surface area contributed by atoms with Crippen molar-refractivity contribution in [1.82, 2.24) is 4.98 Å². The molecule has 1 aromatic heterocycles. The highest BCUT2D eigenvalue weighted by Gasteiger charge is 2.31. The van der Waals surface area contributed by atoms with Crippen molar-refractivity contribution in [2.24, 2.45) is 5.73 Å². The number of hydrogen-bond acceptors (Lipinski definition) is 5. The molecule has 94 valence electrons. The van der Waals surface area contributed by atoms with Gasteiger partial charge in [-0.15, -0.1) is 0 Å². The van der Waals surface area contributed by atoms with Crippen LogP contribution in [0.4, 0.5) is 5.69 Å². The maximum Gasteiger partial charge on any atom is 0.152 e. The molecule has 1 aromatic rings. The van der Waals surface area contributed by atoms with Crippen LogP contribution in [0.2, 0.25) is 0 Å². The summed E-state index contributed by atoms with van der Waals surface area (Å²) in [5.41, 5.74) is 7.59. The molecule has 2 heterocycles. The Kier molecular flexibility index (Phi) is 3.35. The first-order chi connectivity index (χ1) is 8.03. The SMILES string of the molecule is CN(c1cnccc1CN)C1CCS(=O)(=O)C1. The van der Waals surface area contributed by atoms with Gasteiger partial charge in [-0.2, -0.15) is 0 Å². The van der Waals surface area contributed by atoms with Crippen molar-refractivity contribution >= 4 is 15.5 Å². The summed E-state index contributed by atoms with van der Waals surface area (Å²) in [6, 6.07) is 1.91. The molecule has 0 spiro atoms. The first-order valence-electron chi connectivity index (χ1n) is 5.60. The Morgan fingerprint density at radius 1 is 1.59 bits per heavy atom.